The number of carbonyl (C=O) groups is 1. The molecule has 0 aromatic carbocycles. The molecule has 2 heterocycles. The lowest BCUT2D eigenvalue weighted by atomic mass is 10.1. The molecule has 1 aromatic rings. The van der Waals surface area contributed by atoms with Crippen LogP contribution in [0.4, 0.5) is 4.79 Å². The number of carbonyl (C=O) groups excluding carboxylic acids is 1. The zero-order chi connectivity index (χ0) is 19.5. The third-order valence-electron chi connectivity index (χ3n) is 5.04. The highest BCUT2D eigenvalue weighted by molar-refractivity contribution is 7.73. The number of H-pyrrole nitrogens is 1. The van der Waals surface area contributed by atoms with E-state index in [0.29, 0.717) is 13.2 Å². The maximum Gasteiger partial charge on any atom is 0.410 e. The van der Waals surface area contributed by atoms with Crippen molar-refractivity contribution in [2.24, 2.45) is 0 Å². The van der Waals surface area contributed by atoms with E-state index in [1.165, 1.54) is 11.3 Å². The van der Waals surface area contributed by atoms with Crippen LogP contribution in [-0.4, -0.2) is 50.1 Å². The molecular formula is C18H28N2O3S2Si. The highest BCUT2D eigenvalue weighted by Gasteiger charge is 2.40. The summed E-state index contributed by atoms with van der Waals surface area (Å²) in [5.74, 6) is 0. The number of nitrogens with one attached hydrogen (secondary N) is 1. The second kappa shape index (κ2) is 8.20. The van der Waals surface area contributed by atoms with E-state index in [1.54, 1.807) is 11.0 Å². The number of nitrogens with zero attached hydrogens (tertiary/aromatic N) is 1. The number of thiazole rings is 1. The van der Waals surface area contributed by atoms with Gasteiger partial charge in [-0.25, -0.2) is 4.79 Å². The Balaban J connectivity index is 2.22. The minimum Gasteiger partial charge on any atom is -0.445 e. The molecule has 144 valence electrons. The Kier molecular flexibility index (Phi) is 6.65. The Hall–Kier alpha value is -1.22. The van der Waals surface area contributed by atoms with E-state index in [4.69, 9.17) is 21.4 Å². The fraction of sp³-hybridized carbons (Fsp3) is 0.556. The van der Waals surface area contributed by atoms with Crippen LogP contribution in [0, 0.1) is 3.95 Å². The zero-order valence-corrected chi connectivity index (χ0v) is 18.8. The first-order valence-electron chi connectivity index (χ1n) is 8.63. The molecule has 5 nitrogen and oxygen atoms in total. The summed E-state index contributed by atoms with van der Waals surface area (Å²) in [6.45, 7) is 15.8. The summed E-state index contributed by atoms with van der Waals surface area (Å²) in [5.41, 5.74) is 1.98. The Morgan fingerprint density at radius 1 is 1.54 bits per heavy atom. The lowest BCUT2D eigenvalue weighted by Gasteiger charge is -2.38. The van der Waals surface area contributed by atoms with Gasteiger partial charge >= 0.3 is 6.09 Å². The second-order valence-corrected chi connectivity index (χ2v) is 14.2. The second-order valence-electron chi connectivity index (χ2n) is 7.83. The summed E-state index contributed by atoms with van der Waals surface area (Å²) in [7, 11) is -1.94. The van der Waals surface area contributed by atoms with Crippen molar-refractivity contribution < 1.29 is 14.0 Å². The molecule has 1 amide bonds. The maximum atomic E-state index is 12.5. The van der Waals surface area contributed by atoms with Crippen LogP contribution in [0.3, 0.4) is 0 Å². The van der Waals surface area contributed by atoms with Gasteiger partial charge in [-0.15, -0.1) is 11.3 Å². The first-order chi connectivity index (χ1) is 12.1. The van der Waals surface area contributed by atoms with E-state index in [1.807, 2.05) is 11.5 Å². The molecule has 26 heavy (non-hydrogen) atoms. The first-order valence-corrected chi connectivity index (χ1v) is 12.8. The molecular weight excluding hydrogens is 384 g/mol. The van der Waals surface area contributed by atoms with Crippen LogP contribution >= 0.6 is 23.6 Å². The average molecular weight is 413 g/mol. The number of ether oxygens (including phenoxy) is 1. The van der Waals surface area contributed by atoms with Gasteiger partial charge in [-0.2, -0.15) is 0 Å². The zero-order valence-electron chi connectivity index (χ0n) is 16.1. The Morgan fingerprint density at radius 2 is 2.23 bits per heavy atom. The molecule has 0 radical (unpaired) electrons. The lowest BCUT2D eigenvalue weighted by molar-refractivity contribution is 0.100. The summed E-state index contributed by atoms with van der Waals surface area (Å²) in [6.07, 6.45) is 3.26. The Morgan fingerprint density at radius 3 is 2.77 bits per heavy atom. The Labute approximate surface area is 165 Å². The minimum absolute atomic E-state index is 0.103. The van der Waals surface area contributed by atoms with Crippen molar-refractivity contribution in [2.45, 2.75) is 44.9 Å². The SMILES string of the molecule is C=CCOC(=O)N1CC=C(c2csc(=S)[nH]2)[C@H]1CO[Si](C)(C)C(C)(C)C. The van der Waals surface area contributed by atoms with Crippen LogP contribution in [0.2, 0.25) is 18.1 Å². The molecule has 1 aromatic heterocycles. The van der Waals surface area contributed by atoms with E-state index in [0.717, 1.165) is 15.2 Å². The standard InChI is InChI=1S/C18H28N2O3S2Si/c1-7-10-22-17(21)20-9-8-13(14-12-25-16(24)19-14)15(20)11-23-26(5,6)18(2,3)4/h7-8,12,15H,1,9-11H2,2-6H3,(H,19,24)/t15-/m1/s1. The molecule has 1 N–H and O–H groups in total. The van der Waals surface area contributed by atoms with Gasteiger partial charge < -0.3 is 14.1 Å². The normalized spacial score (nSPS) is 18.0. The van der Waals surface area contributed by atoms with Crippen LogP contribution < -0.4 is 0 Å². The highest BCUT2D eigenvalue weighted by atomic mass is 32.1. The van der Waals surface area contributed by atoms with Crippen LogP contribution in [0.1, 0.15) is 26.5 Å². The third-order valence-corrected chi connectivity index (χ3v) is 10.6. The molecule has 1 atom stereocenters. The summed E-state index contributed by atoms with van der Waals surface area (Å²) < 4.78 is 12.4. The van der Waals surface area contributed by atoms with E-state index in [9.17, 15) is 4.79 Å². The molecule has 0 saturated carbocycles. The van der Waals surface area contributed by atoms with Crippen LogP contribution in [0.25, 0.3) is 5.57 Å². The molecule has 0 unspecified atom stereocenters. The predicted octanol–water partition coefficient (Wildman–Crippen LogP) is 5.22. The fourth-order valence-electron chi connectivity index (χ4n) is 2.44. The predicted molar refractivity (Wildman–Crippen MR) is 113 cm³/mol. The summed E-state index contributed by atoms with van der Waals surface area (Å²) >= 11 is 6.70. The number of amides is 1. The molecule has 0 spiro atoms. The van der Waals surface area contributed by atoms with Crippen molar-refractivity contribution in [1.82, 2.24) is 9.88 Å². The van der Waals surface area contributed by atoms with Gasteiger partial charge in [0.05, 0.1) is 18.3 Å². The molecule has 0 bridgehead atoms. The molecule has 0 fully saturated rings. The van der Waals surface area contributed by atoms with Crippen molar-refractivity contribution in [2.75, 3.05) is 19.8 Å². The average Bonchev–Trinajstić information content (AvgIpc) is 3.15. The molecule has 0 saturated heterocycles. The first kappa shape index (κ1) is 21.1. The van der Waals surface area contributed by atoms with E-state index in [2.05, 4.69) is 45.4 Å². The minimum atomic E-state index is -1.94. The van der Waals surface area contributed by atoms with Gasteiger partial charge in [-0.3, -0.25) is 4.90 Å². The quantitative estimate of drug-likeness (QED) is 0.395. The largest absolute Gasteiger partial charge is 0.445 e. The smallest absolute Gasteiger partial charge is 0.410 e. The van der Waals surface area contributed by atoms with Crippen molar-refractivity contribution in [3.63, 3.8) is 0 Å². The fourth-order valence-corrected chi connectivity index (χ4v) is 4.29. The number of aromatic amines is 1. The monoisotopic (exact) mass is 412 g/mol. The van der Waals surface area contributed by atoms with Crippen molar-refractivity contribution in [3.05, 3.63) is 33.8 Å². The van der Waals surface area contributed by atoms with Gasteiger partial charge in [0.2, 0.25) is 0 Å². The summed E-state index contributed by atoms with van der Waals surface area (Å²) in [4.78, 5) is 17.4. The number of hydrogen-bond acceptors (Lipinski definition) is 5. The number of aromatic nitrogens is 1. The van der Waals surface area contributed by atoms with Gasteiger partial charge in [0.1, 0.15) is 6.61 Å². The Bertz CT molecular complexity index is 746. The third kappa shape index (κ3) is 4.73. The van der Waals surface area contributed by atoms with E-state index >= 15 is 0 Å². The molecule has 8 heteroatoms. The number of hydrogen-bond donors (Lipinski definition) is 1. The van der Waals surface area contributed by atoms with E-state index < -0.39 is 8.32 Å². The van der Waals surface area contributed by atoms with Gasteiger partial charge in [0, 0.05) is 11.9 Å². The molecule has 0 aliphatic carbocycles. The number of rotatable bonds is 6. The van der Waals surface area contributed by atoms with Gasteiger partial charge in [-0.1, -0.05) is 39.5 Å². The molecule has 1 aliphatic rings. The van der Waals surface area contributed by atoms with Crippen molar-refractivity contribution in [1.29, 1.82) is 0 Å². The highest BCUT2D eigenvalue weighted by Crippen LogP contribution is 2.38. The summed E-state index contributed by atoms with van der Waals surface area (Å²) in [5, 5.41) is 2.10. The topological polar surface area (TPSA) is 54.6 Å². The lowest BCUT2D eigenvalue weighted by Crippen LogP contribution is -2.46. The van der Waals surface area contributed by atoms with Crippen LogP contribution in [0.15, 0.2) is 24.1 Å². The maximum absolute atomic E-state index is 12.5. The van der Waals surface area contributed by atoms with Crippen LogP contribution in [-0.2, 0) is 9.16 Å². The van der Waals surface area contributed by atoms with Gasteiger partial charge in [0.25, 0.3) is 0 Å². The van der Waals surface area contributed by atoms with Crippen molar-refractivity contribution >= 4 is 43.5 Å². The van der Waals surface area contributed by atoms with Crippen molar-refractivity contribution in [3.8, 4) is 0 Å². The van der Waals surface area contributed by atoms with Gasteiger partial charge in [0.15, 0.2) is 12.3 Å². The molecule has 1 aliphatic heterocycles. The van der Waals surface area contributed by atoms with Crippen LogP contribution in [0.5, 0.6) is 0 Å². The molecule has 2 rings (SSSR count). The van der Waals surface area contributed by atoms with E-state index in [-0.39, 0.29) is 23.8 Å². The van der Waals surface area contributed by atoms with Gasteiger partial charge in [-0.05, 0) is 35.9 Å². The summed E-state index contributed by atoms with van der Waals surface area (Å²) in [6, 6.07) is -0.193.